The van der Waals surface area contributed by atoms with E-state index in [-0.39, 0.29) is 6.61 Å². The highest BCUT2D eigenvalue weighted by Crippen LogP contribution is 2.32. The van der Waals surface area contributed by atoms with Crippen molar-refractivity contribution in [3.8, 4) is 11.1 Å². The topological polar surface area (TPSA) is 81.2 Å². The third kappa shape index (κ3) is 3.07. The summed E-state index contributed by atoms with van der Waals surface area (Å²) in [6, 6.07) is 13.9. The van der Waals surface area contributed by atoms with Gasteiger partial charge in [0.05, 0.1) is 12.0 Å². The quantitative estimate of drug-likeness (QED) is 0.520. The molecule has 0 radical (unpaired) electrons. The third-order valence-corrected chi connectivity index (χ3v) is 5.92. The van der Waals surface area contributed by atoms with E-state index in [0.29, 0.717) is 10.2 Å². The highest BCUT2D eigenvalue weighted by Gasteiger charge is 2.35. The molecule has 2 heterocycles. The Morgan fingerprint density at radius 2 is 1.86 bits per heavy atom. The monoisotopic (exact) mass is 408 g/mol. The van der Waals surface area contributed by atoms with E-state index >= 15 is 0 Å². The van der Waals surface area contributed by atoms with Gasteiger partial charge in [-0.15, -0.1) is 11.3 Å². The summed E-state index contributed by atoms with van der Waals surface area (Å²) in [4.78, 5) is 41.6. The molecular weight excluding hydrogens is 388 g/mol. The molecule has 4 rings (SSSR count). The molecule has 0 fully saturated rings. The van der Waals surface area contributed by atoms with Crippen molar-refractivity contribution in [1.29, 1.82) is 0 Å². The van der Waals surface area contributed by atoms with Gasteiger partial charge < -0.3 is 4.74 Å². The van der Waals surface area contributed by atoms with Crippen molar-refractivity contribution < 1.29 is 9.53 Å². The molecule has 2 aromatic carbocycles. The molecule has 2 aromatic heterocycles. The van der Waals surface area contributed by atoms with Crippen LogP contribution in [0.25, 0.3) is 32.1 Å². The van der Waals surface area contributed by atoms with Crippen LogP contribution in [0.2, 0.25) is 0 Å². The van der Waals surface area contributed by atoms with Crippen molar-refractivity contribution in [2.75, 3.05) is 6.61 Å². The summed E-state index contributed by atoms with van der Waals surface area (Å²) in [5.74, 6) is -0.630. The van der Waals surface area contributed by atoms with Crippen molar-refractivity contribution in [1.82, 2.24) is 9.55 Å². The lowest BCUT2D eigenvalue weighted by atomic mass is 10.0. The Bertz CT molecular complexity index is 1360. The van der Waals surface area contributed by atoms with Gasteiger partial charge in [0.2, 0.25) is 0 Å². The minimum Gasteiger partial charge on any atom is -0.464 e. The fourth-order valence-corrected chi connectivity index (χ4v) is 4.45. The fourth-order valence-electron chi connectivity index (χ4n) is 3.50. The van der Waals surface area contributed by atoms with Gasteiger partial charge in [-0.2, -0.15) is 0 Å². The molecule has 0 bridgehead atoms. The predicted octanol–water partition coefficient (Wildman–Crippen LogP) is 3.87. The lowest BCUT2D eigenvalue weighted by molar-refractivity contribution is -0.152. The van der Waals surface area contributed by atoms with Gasteiger partial charge in [-0.1, -0.05) is 36.4 Å². The minimum atomic E-state index is -1.43. The summed E-state index contributed by atoms with van der Waals surface area (Å²) >= 11 is 1.30. The first-order valence-electron chi connectivity index (χ1n) is 9.28. The molecule has 0 unspecified atom stereocenters. The summed E-state index contributed by atoms with van der Waals surface area (Å²) in [5, 5.41) is 4.40. The number of carbonyl (C=O) groups excluding carboxylic acids is 1. The van der Waals surface area contributed by atoms with Crippen LogP contribution in [0.5, 0.6) is 0 Å². The van der Waals surface area contributed by atoms with Crippen molar-refractivity contribution >= 4 is 38.3 Å². The summed E-state index contributed by atoms with van der Waals surface area (Å²) < 4.78 is 6.03. The number of aromatic nitrogens is 2. The van der Waals surface area contributed by atoms with Crippen LogP contribution in [0.4, 0.5) is 0 Å². The van der Waals surface area contributed by atoms with Crippen LogP contribution in [0.3, 0.4) is 0 Å². The number of hydrogen-bond donors (Lipinski definition) is 1. The van der Waals surface area contributed by atoms with Crippen LogP contribution in [0.1, 0.15) is 20.8 Å². The maximum atomic E-state index is 13.4. The number of H-pyrrole nitrogens is 1. The Hall–Kier alpha value is -3.19. The number of ether oxygens (including phenoxy) is 1. The second-order valence-corrected chi connectivity index (χ2v) is 8.15. The number of nitrogens with one attached hydrogen (secondary N) is 1. The molecule has 148 valence electrons. The smallest absolute Gasteiger partial charge is 0.332 e. The average molecular weight is 408 g/mol. The van der Waals surface area contributed by atoms with Crippen LogP contribution >= 0.6 is 11.3 Å². The molecule has 0 amide bonds. The molecule has 0 saturated heterocycles. The first-order valence-corrected chi connectivity index (χ1v) is 10.2. The summed E-state index contributed by atoms with van der Waals surface area (Å²) in [7, 11) is 0. The molecule has 1 N–H and O–H groups in total. The Kier molecular flexibility index (Phi) is 4.62. The second kappa shape index (κ2) is 7.00. The van der Waals surface area contributed by atoms with Crippen LogP contribution in [0.15, 0.2) is 57.4 Å². The predicted molar refractivity (Wildman–Crippen MR) is 116 cm³/mol. The Balaban J connectivity index is 1.97. The number of nitrogens with zero attached hydrogens (tertiary/aromatic N) is 1. The first-order chi connectivity index (χ1) is 13.8. The fraction of sp³-hybridized carbons (Fsp3) is 0.227. The summed E-state index contributed by atoms with van der Waals surface area (Å²) in [5.41, 5.74) is -0.971. The van der Waals surface area contributed by atoms with Gasteiger partial charge in [-0.25, -0.2) is 14.2 Å². The summed E-state index contributed by atoms with van der Waals surface area (Å²) in [6.07, 6.45) is 0. The van der Waals surface area contributed by atoms with Gasteiger partial charge in [-0.3, -0.25) is 9.78 Å². The summed E-state index contributed by atoms with van der Waals surface area (Å²) in [6.45, 7) is 4.86. The molecule has 0 spiro atoms. The molecule has 0 aliphatic rings. The number of thiophene rings is 1. The van der Waals surface area contributed by atoms with Gasteiger partial charge in [0.1, 0.15) is 10.4 Å². The first kappa shape index (κ1) is 19.1. The lowest BCUT2D eigenvalue weighted by Crippen LogP contribution is -2.51. The van der Waals surface area contributed by atoms with Gasteiger partial charge >= 0.3 is 11.7 Å². The Labute approximate surface area is 170 Å². The van der Waals surface area contributed by atoms with Gasteiger partial charge in [-0.05, 0) is 43.2 Å². The number of rotatable bonds is 4. The zero-order valence-electron chi connectivity index (χ0n) is 16.3. The van der Waals surface area contributed by atoms with E-state index in [9.17, 15) is 14.4 Å². The molecule has 4 aromatic rings. The van der Waals surface area contributed by atoms with Crippen molar-refractivity contribution in [2.24, 2.45) is 0 Å². The Morgan fingerprint density at radius 3 is 2.59 bits per heavy atom. The molecule has 29 heavy (non-hydrogen) atoms. The van der Waals surface area contributed by atoms with Crippen molar-refractivity contribution in [3.63, 3.8) is 0 Å². The van der Waals surface area contributed by atoms with E-state index in [1.807, 2.05) is 47.8 Å². The van der Waals surface area contributed by atoms with E-state index in [0.717, 1.165) is 26.5 Å². The van der Waals surface area contributed by atoms with E-state index in [1.165, 1.54) is 25.2 Å². The molecule has 0 aliphatic carbocycles. The number of benzene rings is 2. The van der Waals surface area contributed by atoms with Crippen molar-refractivity contribution in [2.45, 2.75) is 26.3 Å². The van der Waals surface area contributed by atoms with Crippen molar-refractivity contribution in [3.05, 3.63) is 68.7 Å². The molecule has 0 aliphatic heterocycles. The lowest BCUT2D eigenvalue weighted by Gasteiger charge is -2.24. The number of esters is 1. The van der Waals surface area contributed by atoms with Gasteiger partial charge in [0.15, 0.2) is 0 Å². The molecule has 0 atom stereocenters. The van der Waals surface area contributed by atoms with Gasteiger partial charge in [0.25, 0.3) is 5.56 Å². The minimum absolute atomic E-state index is 0.165. The normalized spacial score (nSPS) is 11.8. The maximum absolute atomic E-state index is 13.4. The van der Waals surface area contributed by atoms with Crippen LogP contribution < -0.4 is 11.2 Å². The Morgan fingerprint density at radius 1 is 1.14 bits per heavy atom. The zero-order chi connectivity index (χ0) is 20.8. The standard InChI is InChI=1S/C22H20N2O4S/c1-4-28-20(26)22(2,3)24-19(25)17-16(12-29-18(17)23-21(24)27)15-10-9-13-7-5-6-8-14(13)11-15/h5-12H,4H2,1-3H3,(H,23,27). The zero-order valence-corrected chi connectivity index (χ0v) is 17.1. The molecule has 6 nitrogen and oxygen atoms in total. The SMILES string of the molecule is CCOC(=O)C(C)(C)n1c(=O)[nH]c2scc(-c3ccc4ccccc4c3)c2c1=O. The highest BCUT2D eigenvalue weighted by atomic mass is 32.1. The number of hydrogen-bond acceptors (Lipinski definition) is 5. The number of fused-ring (bicyclic) bond motifs is 2. The maximum Gasteiger partial charge on any atom is 0.332 e. The van der Waals surface area contributed by atoms with E-state index in [1.54, 1.807) is 6.92 Å². The van der Waals surface area contributed by atoms with Crippen LogP contribution in [-0.2, 0) is 15.1 Å². The van der Waals surface area contributed by atoms with Crippen LogP contribution in [0, 0.1) is 0 Å². The van der Waals surface area contributed by atoms with E-state index in [2.05, 4.69) is 4.98 Å². The van der Waals surface area contributed by atoms with E-state index in [4.69, 9.17) is 4.74 Å². The average Bonchev–Trinajstić information content (AvgIpc) is 3.11. The second-order valence-electron chi connectivity index (χ2n) is 7.27. The van der Waals surface area contributed by atoms with E-state index < -0.39 is 22.8 Å². The van der Waals surface area contributed by atoms with Gasteiger partial charge in [0, 0.05) is 10.9 Å². The number of aromatic amines is 1. The molecule has 7 heteroatoms. The van der Waals surface area contributed by atoms with Crippen LogP contribution in [-0.4, -0.2) is 22.1 Å². The number of carbonyl (C=O) groups is 1. The molecular formula is C22H20N2O4S. The largest absolute Gasteiger partial charge is 0.464 e. The molecule has 0 saturated carbocycles. The third-order valence-electron chi connectivity index (χ3n) is 5.03. The highest BCUT2D eigenvalue weighted by molar-refractivity contribution is 7.17.